The summed E-state index contributed by atoms with van der Waals surface area (Å²) in [7, 11) is 0. The predicted molar refractivity (Wildman–Crippen MR) is 120 cm³/mol. The smallest absolute Gasteiger partial charge is 0.389 e. The van der Waals surface area contributed by atoms with E-state index in [1.165, 1.54) is 12.5 Å². The first kappa shape index (κ1) is 24.7. The van der Waals surface area contributed by atoms with Crippen molar-refractivity contribution in [3.63, 3.8) is 0 Å². The number of rotatable bonds is 6. The highest BCUT2D eigenvalue weighted by Crippen LogP contribution is 2.28. The van der Waals surface area contributed by atoms with Crippen molar-refractivity contribution in [2.24, 2.45) is 11.8 Å². The third-order valence-electron chi connectivity index (χ3n) is 5.79. The van der Waals surface area contributed by atoms with E-state index >= 15 is 0 Å². The maximum absolute atomic E-state index is 12.6. The van der Waals surface area contributed by atoms with Crippen LogP contribution in [0.3, 0.4) is 0 Å². The lowest BCUT2D eigenvalue weighted by atomic mass is 9.91. The zero-order valence-corrected chi connectivity index (χ0v) is 19.3. The second-order valence-electron chi connectivity index (χ2n) is 8.77. The summed E-state index contributed by atoms with van der Waals surface area (Å²) in [5.74, 6) is 1.19. The zero-order chi connectivity index (χ0) is 24.2. The number of carbonyl (C=O) groups is 1. The van der Waals surface area contributed by atoms with Crippen LogP contribution in [-0.4, -0.2) is 42.0 Å². The van der Waals surface area contributed by atoms with Gasteiger partial charge < -0.3 is 14.2 Å². The SMILES string of the molecule is Cc1onc(NC(=O)N2CCC(=Cc3cccc(OCC(C)CC(F)(F)F)c3)C(C)C2)c1C. The molecule has 3 rings (SSSR count). The Morgan fingerprint density at radius 1 is 1.39 bits per heavy atom. The van der Waals surface area contributed by atoms with Gasteiger partial charge in [0, 0.05) is 25.1 Å². The number of likely N-dealkylation sites (tertiary alicyclic amines) is 1. The van der Waals surface area contributed by atoms with Crippen molar-refractivity contribution < 1.29 is 27.2 Å². The number of aryl methyl sites for hydroxylation is 1. The quantitative estimate of drug-likeness (QED) is 0.550. The number of nitrogens with one attached hydrogen (secondary N) is 1. The van der Waals surface area contributed by atoms with Gasteiger partial charge >= 0.3 is 12.2 Å². The third-order valence-corrected chi connectivity index (χ3v) is 5.79. The number of benzene rings is 1. The molecule has 33 heavy (non-hydrogen) atoms. The fourth-order valence-corrected chi connectivity index (χ4v) is 3.76. The third kappa shape index (κ3) is 7.00. The first-order chi connectivity index (χ1) is 15.5. The maximum Gasteiger partial charge on any atom is 0.389 e. The Morgan fingerprint density at radius 3 is 2.79 bits per heavy atom. The molecule has 0 saturated carbocycles. The van der Waals surface area contributed by atoms with Gasteiger partial charge in [-0.05, 0) is 49.8 Å². The van der Waals surface area contributed by atoms with Gasteiger partial charge in [0.15, 0.2) is 5.82 Å². The number of carbonyl (C=O) groups excluding carboxylic acids is 1. The van der Waals surface area contributed by atoms with Gasteiger partial charge in [0.1, 0.15) is 11.5 Å². The fraction of sp³-hybridized carbons (Fsp3) is 0.500. The Labute approximate surface area is 191 Å². The van der Waals surface area contributed by atoms with Crippen LogP contribution < -0.4 is 10.1 Å². The zero-order valence-electron chi connectivity index (χ0n) is 19.3. The number of hydrogen-bond donors (Lipinski definition) is 1. The molecule has 180 valence electrons. The summed E-state index contributed by atoms with van der Waals surface area (Å²) in [6.45, 7) is 8.37. The number of hydrogen-bond acceptors (Lipinski definition) is 4. The molecule has 2 aromatic rings. The van der Waals surface area contributed by atoms with Gasteiger partial charge in [0.2, 0.25) is 0 Å². The molecule has 1 N–H and O–H groups in total. The number of nitrogens with zero attached hydrogens (tertiary/aromatic N) is 2. The molecule has 2 atom stereocenters. The summed E-state index contributed by atoms with van der Waals surface area (Å²) in [6, 6.07) is 7.12. The molecule has 1 aliphatic rings. The summed E-state index contributed by atoms with van der Waals surface area (Å²) < 4.78 is 48.2. The van der Waals surface area contributed by atoms with Crippen LogP contribution in [0.1, 0.15) is 43.6 Å². The normalized spacial score (nSPS) is 18.9. The Morgan fingerprint density at radius 2 is 2.15 bits per heavy atom. The van der Waals surface area contributed by atoms with Crippen molar-refractivity contribution in [3.05, 3.63) is 46.7 Å². The van der Waals surface area contributed by atoms with E-state index < -0.39 is 18.5 Å². The number of amides is 2. The highest BCUT2D eigenvalue weighted by molar-refractivity contribution is 5.89. The minimum Gasteiger partial charge on any atom is -0.493 e. The average molecular weight is 466 g/mol. The predicted octanol–water partition coefficient (Wildman–Crippen LogP) is 6.22. The second-order valence-corrected chi connectivity index (χ2v) is 8.77. The summed E-state index contributed by atoms with van der Waals surface area (Å²) in [5, 5.41) is 6.69. The highest BCUT2D eigenvalue weighted by Gasteiger charge is 2.30. The van der Waals surface area contributed by atoms with Crippen LogP contribution in [0.25, 0.3) is 6.08 Å². The van der Waals surface area contributed by atoms with E-state index in [1.807, 2.05) is 25.1 Å². The van der Waals surface area contributed by atoms with Crippen LogP contribution in [0, 0.1) is 25.7 Å². The number of ether oxygens (including phenoxy) is 1. The first-order valence-corrected chi connectivity index (χ1v) is 11.0. The lowest BCUT2D eigenvalue weighted by molar-refractivity contribution is -0.145. The second kappa shape index (κ2) is 10.3. The Kier molecular flexibility index (Phi) is 7.71. The van der Waals surface area contributed by atoms with Crippen LogP contribution >= 0.6 is 0 Å². The van der Waals surface area contributed by atoms with E-state index in [9.17, 15) is 18.0 Å². The molecule has 0 aliphatic carbocycles. The summed E-state index contributed by atoms with van der Waals surface area (Å²) in [4.78, 5) is 14.4. The number of alkyl halides is 3. The summed E-state index contributed by atoms with van der Waals surface area (Å²) >= 11 is 0. The van der Waals surface area contributed by atoms with E-state index in [0.29, 0.717) is 30.4 Å². The molecule has 6 nitrogen and oxygen atoms in total. The molecule has 0 bridgehead atoms. The molecular weight excluding hydrogens is 435 g/mol. The van der Waals surface area contributed by atoms with Gasteiger partial charge in [-0.3, -0.25) is 5.32 Å². The molecular formula is C24H30F3N3O3. The summed E-state index contributed by atoms with van der Waals surface area (Å²) in [5.41, 5.74) is 2.93. The molecule has 2 unspecified atom stereocenters. The van der Waals surface area contributed by atoms with E-state index in [-0.39, 0.29) is 18.6 Å². The van der Waals surface area contributed by atoms with Crippen LogP contribution in [0.4, 0.5) is 23.8 Å². The van der Waals surface area contributed by atoms with E-state index in [1.54, 1.807) is 17.9 Å². The van der Waals surface area contributed by atoms with Gasteiger partial charge in [0.05, 0.1) is 6.61 Å². The highest BCUT2D eigenvalue weighted by atomic mass is 19.4. The lowest BCUT2D eigenvalue weighted by Crippen LogP contribution is -2.42. The standard InChI is InChI=1S/C24H30F3N3O3/c1-15(12-24(25,26)27)14-32-21-7-5-6-19(11-21)10-20-8-9-30(13-16(20)2)23(31)28-22-17(3)18(4)33-29-22/h5-7,10-11,15-16H,8-9,12-14H2,1-4H3,(H,28,29,31). The van der Waals surface area contributed by atoms with Gasteiger partial charge in [-0.2, -0.15) is 13.2 Å². The van der Waals surface area contributed by atoms with E-state index in [4.69, 9.17) is 9.26 Å². The van der Waals surface area contributed by atoms with Gasteiger partial charge in [-0.25, -0.2) is 4.79 Å². The van der Waals surface area contributed by atoms with Crippen molar-refractivity contribution in [1.29, 1.82) is 0 Å². The molecule has 2 amide bonds. The van der Waals surface area contributed by atoms with Crippen molar-refractivity contribution in [2.45, 2.75) is 46.7 Å². The van der Waals surface area contributed by atoms with E-state index in [2.05, 4.69) is 23.5 Å². The molecule has 1 aromatic carbocycles. The Bertz CT molecular complexity index is 1000. The van der Waals surface area contributed by atoms with Crippen LogP contribution in [-0.2, 0) is 0 Å². The molecule has 1 fully saturated rings. The molecule has 2 heterocycles. The van der Waals surface area contributed by atoms with Crippen molar-refractivity contribution in [2.75, 3.05) is 25.0 Å². The summed E-state index contributed by atoms with van der Waals surface area (Å²) in [6.07, 6.45) is -2.27. The van der Waals surface area contributed by atoms with Crippen LogP contribution in [0.2, 0.25) is 0 Å². The Balaban J connectivity index is 1.57. The minimum atomic E-state index is -4.19. The number of anilines is 1. The number of halogens is 3. The van der Waals surface area contributed by atoms with Crippen molar-refractivity contribution in [1.82, 2.24) is 10.1 Å². The van der Waals surface area contributed by atoms with Gasteiger partial charge in [-0.15, -0.1) is 0 Å². The van der Waals surface area contributed by atoms with Crippen molar-refractivity contribution in [3.8, 4) is 5.75 Å². The van der Waals surface area contributed by atoms with Crippen molar-refractivity contribution >= 4 is 17.9 Å². The molecule has 1 saturated heterocycles. The molecule has 0 radical (unpaired) electrons. The fourth-order valence-electron chi connectivity index (χ4n) is 3.76. The number of aromatic nitrogens is 1. The van der Waals surface area contributed by atoms with E-state index in [0.717, 1.165) is 17.5 Å². The van der Waals surface area contributed by atoms with Crippen LogP contribution in [0.15, 0.2) is 34.4 Å². The molecule has 9 heteroatoms. The average Bonchev–Trinajstić information content (AvgIpc) is 3.05. The molecule has 0 spiro atoms. The number of urea groups is 1. The topological polar surface area (TPSA) is 67.6 Å². The lowest BCUT2D eigenvalue weighted by Gasteiger charge is -2.33. The maximum atomic E-state index is 12.6. The van der Waals surface area contributed by atoms with Gasteiger partial charge in [-0.1, -0.05) is 42.8 Å². The first-order valence-electron chi connectivity index (χ1n) is 11.0. The minimum absolute atomic E-state index is 0.00449. The number of piperidine rings is 1. The largest absolute Gasteiger partial charge is 0.493 e. The molecule has 1 aromatic heterocycles. The molecule has 1 aliphatic heterocycles. The Hall–Kier alpha value is -2.97. The monoisotopic (exact) mass is 465 g/mol. The van der Waals surface area contributed by atoms with Crippen LogP contribution in [0.5, 0.6) is 5.75 Å². The van der Waals surface area contributed by atoms with Gasteiger partial charge in [0.25, 0.3) is 0 Å².